The van der Waals surface area contributed by atoms with E-state index in [0.717, 1.165) is 32.5 Å². The maximum atomic E-state index is 9.13. The molecular formula is C18H32O2. The van der Waals surface area contributed by atoms with E-state index in [2.05, 4.69) is 12.1 Å². The van der Waals surface area contributed by atoms with Gasteiger partial charge in [0, 0.05) is 6.61 Å². The molecule has 0 radical (unpaired) electrons. The molecule has 0 aliphatic carbocycles. The molecule has 1 unspecified atom stereocenters. The van der Waals surface area contributed by atoms with Gasteiger partial charge < -0.3 is 9.84 Å². The van der Waals surface area contributed by atoms with Crippen LogP contribution < -0.4 is 0 Å². The van der Waals surface area contributed by atoms with Gasteiger partial charge in [-0.25, -0.2) is 0 Å². The zero-order valence-corrected chi connectivity index (χ0v) is 12.2. The number of unbranched alkanes of at least 4 members (excludes halogenated alkanes) is 5. The number of benzene rings is 1. The smallest absolute Gasteiger partial charge is 0.0716 e. The fraction of sp³-hybridized carbons (Fsp3) is 0.667. The Labute approximate surface area is 125 Å². The number of hydrogen-bond donors (Lipinski definition) is 1. The van der Waals surface area contributed by atoms with Crippen molar-refractivity contribution in [2.45, 2.75) is 72.0 Å². The van der Waals surface area contributed by atoms with Crippen molar-refractivity contribution >= 4 is 0 Å². The highest BCUT2D eigenvalue weighted by Gasteiger charge is 1.96. The van der Waals surface area contributed by atoms with Crippen molar-refractivity contribution in [3.05, 3.63) is 35.9 Å². The van der Waals surface area contributed by atoms with Gasteiger partial charge in [-0.3, -0.25) is 0 Å². The monoisotopic (exact) mass is 280 g/mol. The first-order valence-electron chi connectivity index (χ1n) is 7.59. The Morgan fingerprint density at radius 1 is 0.950 bits per heavy atom. The highest BCUT2D eigenvalue weighted by molar-refractivity contribution is 5.13. The van der Waals surface area contributed by atoms with Gasteiger partial charge in [0.25, 0.3) is 0 Å². The lowest BCUT2D eigenvalue weighted by atomic mass is 10.1. The summed E-state index contributed by atoms with van der Waals surface area (Å²) in [4.78, 5) is 0. The molecule has 0 spiro atoms. The van der Waals surface area contributed by atoms with Crippen LogP contribution >= 0.6 is 0 Å². The van der Waals surface area contributed by atoms with E-state index < -0.39 is 0 Å². The van der Waals surface area contributed by atoms with E-state index in [1.54, 1.807) is 0 Å². The zero-order valence-electron chi connectivity index (χ0n) is 12.2. The van der Waals surface area contributed by atoms with Crippen LogP contribution in [0.15, 0.2) is 30.3 Å². The van der Waals surface area contributed by atoms with Crippen LogP contribution in [-0.2, 0) is 11.3 Å². The van der Waals surface area contributed by atoms with Gasteiger partial charge in [0.15, 0.2) is 0 Å². The SMILES string of the molecule is C.CC(O)CCCCCCCCOCc1ccccc1. The van der Waals surface area contributed by atoms with E-state index in [4.69, 9.17) is 9.84 Å². The Hall–Kier alpha value is -0.860. The molecule has 0 aliphatic heterocycles. The number of aliphatic hydroxyl groups is 1. The first-order chi connectivity index (χ1) is 9.29. The van der Waals surface area contributed by atoms with E-state index in [0.29, 0.717) is 0 Å². The summed E-state index contributed by atoms with van der Waals surface area (Å²) >= 11 is 0. The first-order valence-corrected chi connectivity index (χ1v) is 7.59. The third-order valence-corrected chi connectivity index (χ3v) is 3.27. The minimum Gasteiger partial charge on any atom is -0.393 e. The summed E-state index contributed by atoms with van der Waals surface area (Å²) in [6.45, 7) is 3.46. The molecule has 0 aliphatic rings. The Balaban J connectivity index is 0.00000361. The molecule has 1 atom stereocenters. The average Bonchev–Trinajstić information content (AvgIpc) is 2.42. The van der Waals surface area contributed by atoms with E-state index >= 15 is 0 Å². The molecule has 0 heterocycles. The standard InChI is InChI=1S/C17H28O2.CH4/c1-16(18)11-7-4-2-3-5-10-14-19-15-17-12-8-6-9-13-17;/h6,8-9,12-13,16,18H,2-5,7,10-11,14-15H2,1H3;1H4. The van der Waals surface area contributed by atoms with Crippen LogP contribution in [0.1, 0.15) is 64.9 Å². The second kappa shape index (κ2) is 13.1. The molecule has 0 fully saturated rings. The Morgan fingerprint density at radius 2 is 1.55 bits per heavy atom. The Morgan fingerprint density at radius 3 is 2.20 bits per heavy atom. The summed E-state index contributed by atoms with van der Waals surface area (Å²) in [5, 5.41) is 9.13. The molecule has 0 amide bonds. The molecule has 0 aromatic heterocycles. The van der Waals surface area contributed by atoms with Crippen LogP contribution in [-0.4, -0.2) is 17.8 Å². The van der Waals surface area contributed by atoms with Crippen LogP contribution in [0.3, 0.4) is 0 Å². The molecule has 1 aromatic carbocycles. The van der Waals surface area contributed by atoms with Gasteiger partial charge in [0.2, 0.25) is 0 Å². The highest BCUT2D eigenvalue weighted by Crippen LogP contribution is 2.09. The van der Waals surface area contributed by atoms with E-state index in [1.807, 2.05) is 25.1 Å². The van der Waals surface area contributed by atoms with Crippen molar-refractivity contribution in [1.29, 1.82) is 0 Å². The predicted molar refractivity (Wildman–Crippen MR) is 86.8 cm³/mol. The first kappa shape index (κ1) is 19.1. The second-order valence-electron chi connectivity index (χ2n) is 5.30. The lowest BCUT2D eigenvalue weighted by Crippen LogP contribution is -1.98. The number of ether oxygens (including phenoxy) is 1. The van der Waals surface area contributed by atoms with Crippen molar-refractivity contribution < 1.29 is 9.84 Å². The molecule has 1 aromatic rings. The lowest BCUT2D eigenvalue weighted by molar-refractivity contribution is 0.116. The summed E-state index contributed by atoms with van der Waals surface area (Å²) < 4.78 is 5.65. The number of rotatable bonds is 11. The van der Waals surface area contributed by atoms with E-state index in [9.17, 15) is 0 Å². The highest BCUT2D eigenvalue weighted by atomic mass is 16.5. The molecular weight excluding hydrogens is 248 g/mol. The summed E-state index contributed by atoms with van der Waals surface area (Å²) in [5.41, 5.74) is 1.25. The number of hydrogen-bond acceptors (Lipinski definition) is 2. The van der Waals surface area contributed by atoms with Crippen LogP contribution in [0.4, 0.5) is 0 Å². The Bertz CT molecular complexity index is 296. The summed E-state index contributed by atoms with van der Waals surface area (Å²) in [6.07, 6.45) is 8.19. The van der Waals surface area contributed by atoms with Crippen molar-refractivity contribution in [3.8, 4) is 0 Å². The summed E-state index contributed by atoms with van der Waals surface area (Å²) in [5.74, 6) is 0. The van der Waals surface area contributed by atoms with Gasteiger partial charge in [-0.15, -0.1) is 0 Å². The number of aliphatic hydroxyl groups excluding tert-OH is 1. The van der Waals surface area contributed by atoms with Gasteiger partial charge in [-0.2, -0.15) is 0 Å². The van der Waals surface area contributed by atoms with Crippen LogP contribution in [0.2, 0.25) is 0 Å². The van der Waals surface area contributed by atoms with E-state index in [-0.39, 0.29) is 13.5 Å². The van der Waals surface area contributed by atoms with Crippen LogP contribution in [0.5, 0.6) is 0 Å². The van der Waals surface area contributed by atoms with Crippen LogP contribution in [0.25, 0.3) is 0 Å². The topological polar surface area (TPSA) is 29.5 Å². The molecule has 20 heavy (non-hydrogen) atoms. The second-order valence-corrected chi connectivity index (χ2v) is 5.30. The fourth-order valence-corrected chi connectivity index (χ4v) is 2.12. The van der Waals surface area contributed by atoms with Crippen LogP contribution in [0, 0.1) is 0 Å². The third kappa shape index (κ3) is 11.0. The minimum atomic E-state index is -0.133. The minimum absolute atomic E-state index is 0. The van der Waals surface area contributed by atoms with Gasteiger partial charge in [-0.05, 0) is 25.3 Å². The molecule has 0 bridgehead atoms. The maximum absolute atomic E-state index is 9.13. The molecule has 2 nitrogen and oxygen atoms in total. The molecule has 116 valence electrons. The molecule has 1 N–H and O–H groups in total. The molecule has 0 saturated carbocycles. The van der Waals surface area contributed by atoms with Crippen molar-refractivity contribution in [2.75, 3.05) is 6.61 Å². The fourth-order valence-electron chi connectivity index (χ4n) is 2.12. The molecule has 2 heteroatoms. The summed E-state index contributed by atoms with van der Waals surface area (Å²) in [6, 6.07) is 10.3. The predicted octanol–water partition coefficient (Wildman–Crippen LogP) is 4.95. The third-order valence-electron chi connectivity index (χ3n) is 3.27. The average molecular weight is 280 g/mol. The lowest BCUT2D eigenvalue weighted by Gasteiger charge is -2.05. The van der Waals surface area contributed by atoms with Crippen molar-refractivity contribution in [3.63, 3.8) is 0 Å². The van der Waals surface area contributed by atoms with Gasteiger partial charge in [0.05, 0.1) is 12.7 Å². The van der Waals surface area contributed by atoms with E-state index in [1.165, 1.54) is 31.2 Å². The van der Waals surface area contributed by atoms with Gasteiger partial charge in [-0.1, -0.05) is 69.9 Å². The van der Waals surface area contributed by atoms with Crippen molar-refractivity contribution in [1.82, 2.24) is 0 Å². The Kier molecular flexibility index (Phi) is 12.6. The van der Waals surface area contributed by atoms with Gasteiger partial charge in [0.1, 0.15) is 0 Å². The quantitative estimate of drug-likeness (QED) is 0.581. The zero-order chi connectivity index (χ0) is 13.8. The molecule has 0 saturated heterocycles. The normalized spacial score (nSPS) is 11.9. The van der Waals surface area contributed by atoms with Gasteiger partial charge >= 0.3 is 0 Å². The van der Waals surface area contributed by atoms with Crippen molar-refractivity contribution in [2.24, 2.45) is 0 Å². The summed E-state index contributed by atoms with van der Waals surface area (Å²) in [7, 11) is 0. The largest absolute Gasteiger partial charge is 0.393 e. The maximum Gasteiger partial charge on any atom is 0.0716 e. The molecule has 1 rings (SSSR count).